The third kappa shape index (κ3) is 2.38. The van der Waals surface area contributed by atoms with E-state index in [0.717, 1.165) is 30.0 Å². The Morgan fingerprint density at radius 1 is 1.37 bits per heavy atom. The molecule has 0 aliphatic rings. The summed E-state index contributed by atoms with van der Waals surface area (Å²) in [6, 6.07) is 3.91. The molecule has 0 aliphatic heterocycles. The number of aryl methyl sites for hydroxylation is 2. The molecule has 98 valence electrons. The number of thiophene rings is 1. The molecule has 0 spiro atoms. The van der Waals surface area contributed by atoms with E-state index in [-0.39, 0.29) is 0 Å². The van der Waals surface area contributed by atoms with E-state index in [1.807, 2.05) is 18.3 Å². The fraction of sp³-hybridized carbons (Fsp3) is 0.286. The lowest BCUT2D eigenvalue weighted by molar-refractivity contribution is 0.746. The Morgan fingerprint density at radius 3 is 3.00 bits per heavy atom. The maximum atomic E-state index is 5.88. The van der Waals surface area contributed by atoms with Crippen molar-refractivity contribution in [1.82, 2.24) is 14.5 Å². The number of rotatable bonds is 4. The van der Waals surface area contributed by atoms with Crippen molar-refractivity contribution in [3.05, 3.63) is 46.0 Å². The molecule has 5 heteroatoms. The van der Waals surface area contributed by atoms with Crippen LogP contribution in [0, 0.1) is 6.92 Å². The van der Waals surface area contributed by atoms with Crippen molar-refractivity contribution in [1.29, 1.82) is 0 Å². The standard InChI is InChI=1S/C14H14ClN3S/c1-10-8-19-9-11(10)7-18-13(4-5-15)17-12-3-2-6-16-14(12)18/h2-3,6,8-9H,4-5,7H2,1H3. The molecule has 0 amide bonds. The Bertz CT molecular complexity index is 702. The van der Waals surface area contributed by atoms with Gasteiger partial charge < -0.3 is 4.57 Å². The molecule has 0 fully saturated rings. The van der Waals surface area contributed by atoms with Crippen LogP contribution in [0.3, 0.4) is 0 Å². The molecule has 19 heavy (non-hydrogen) atoms. The zero-order chi connectivity index (χ0) is 13.2. The fourth-order valence-electron chi connectivity index (χ4n) is 2.17. The average molecular weight is 292 g/mol. The molecular formula is C14H14ClN3S. The number of pyridine rings is 1. The van der Waals surface area contributed by atoms with E-state index in [1.54, 1.807) is 11.3 Å². The molecule has 0 saturated carbocycles. The van der Waals surface area contributed by atoms with Crippen molar-refractivity contribution in [2.45, 2.75) is 19.9 Å². The van der Waals surface area contributed by atoms with Crippen LogP contribution in [0.5, 0.6) is 0 Å². The molecule has 0 atom stereocenters. The molecule has 3 aromatic heterocycles. The summed E-state index contributed by atoms with van der Waals surface area (Å²) in [6.45, 7) is 2.95. The van der Waals surface area contributed by atoms with Gasteiger partial charge >= 0.3 is 0 Å². The summed E-state index contributed by atoms with van der Waals surface area (Å²) in [5.74, 6) is 1.58. The van der Waals surface area contributed by atoms with Crippen molar-refractivity contribution in [2.75, 3.05) is 5.88 Å². The van der Waals surface area contributed by atoms with Crippen LogP contribution in [-0.4, -0.2) is 20.4 Å². The maximum absolute atomic E-state index is 5.88. The van der Waals surface area contributed by atoms with Crippen LogP contribution in [0.4, 0.5) is 0 Å². The predicted octanol–water partition coefficient (Wildman–Crippen LogP) is 3.63. The second-order valence-electron chi connectivity index (χ2n) is 4.48. The third-order valence-electron chi connectivity index (χ3n) is 3.19. The zero-order valence-electron chi connectivity index (χ0n) is 10.6. The van der Waals surface area contributed by atoms with E-state index < -0.39 is 0 Å². The minimum absolute atomic E-state index is 0.575. The molecule has 3 heterocycles. The highest BCUT2D eigenvalue weighted by molar-refractivity contribution is 7.08. The van der Waals surface area contributed by atoms with Gasteiger partial charge in [-0.15, -0.1) is 11.6 Å². The number of hydrogen-bond donors (Lipinski definition) is 0. The predicted molar refractivity (Wildman–Crippen MR) is 80.1 cm³/mol. The largest absolute Gasteiger partial charge is 0.308 e. The molecule has 0 unspecified atom stereocenters. The van der Waals surface area contributed by atoms with E-state index in [1.165, 1.54) is 11.1 Å². The van der Waals surface area contributed by atoms with E-state index in [9.17, 15) is 0 Å². The van der Waals surface area contributed by atoms with Crippen molar-refractivity contribution in [3.8, 4) is 0 Å². The van der Waals surface area contributed by atoms with Crippen molar-refractivity contribution < 1.29 is 0 Å². The number of aromatic nitrogens is 3. The Hall–Kier alpha value is -1.39. The van der Waals surface area contributed by atoms with E-state index in [2.05, 4.69) is 32.2 Å². The average Bonchev–Trinajstić information content (AvgIpc) is 2.96. The van der Waals surface area contributed by atoms with E-state index in [4.69, 9.17) is 11.6 Å². The summed E-state index contributed by atoms with van der Waals surface area (Å²) in [5, 5.41) is 4.36. The first-order valence-electron chi connectivity index (χ1n) is 6.17. The maximum Gasteiger partial charge on any atom is 0.160 e. The first-order chi connectivity index (χ1) is 9.29. The number of halogens is 1. The number of alkyl halides is 1. The molecule has 0 N–H and O–H groups in total. The summed E-state index contributed by atoms with van der Waals surface area (Å²) in [4.78, 5) is 9.09. The topological polar surface area (TPSA) is 30.7 Å². The molecule has 3 rings (SSSR count). The lowest BCUT2D eigenvalue weighted by Crippen LogP contribution is -2.06. The highest BCUT2D eigenvalue weighted by Gasteiger charge is 2.12. The van der Waals surface area contributed by atoms with Gasteiger partial charge in [-0.1, -0.05) is 0 Å². The van der Waals surface area contributed by atoms with Crippen LogP contribution < -0.4 is 0 Å². The summed E-state index contributed by atoms with van der Waals surface area (Å²) in [5.41, 5.74) is 4.52. The lowest BCUT2D eigenvalue weighted by Gasteiger charge is -2.07. The van der Waals surface area contributed by atoms with E-state index >= 15 is 0 Å². The van der Waals surface area contributed by atoms with E-state index in [0.29, 0.717) is 5.88 Å². The van der Waals surface area contributed by atoms with Gasteiger partial charge in [0.1, 0.15) is 11.3 Å². The van der Waals surface area contributed by atoms with Gasteiger partial charge in [0.2, 0.25) is 0 Å². The molecule has 0 radical (unpaired) electrons. The Labute approximate surface area is 120 Å². The minimum atomic E-state index is 0.575. The van der Waals surface area contributed by atoms with Crippen LogP contribution >= 0.6 is 22.9 Å². The number of fused-ring (bicyclic) bond motifs is 1. The first-order valence-corrected chi connectivity index (χ1v) is 7.65. The van der Waals surface area contributed by atoms with Gasteiger partial charge in [0.05, 0.1) is 6.54 Å². The number of imidazole rings is 1. The van der Waals surface area contributed by atoms with Crippen LogP contribution in [-0.2, 0) is 13.0 Å². The summed E-state index contributed by atoms with van der Waals surface area (Å²) in [7, 11) is 0. The second-order valence-corrected chi connectivity index (χ2v) is 5.60. The highest BCUT2D eigenvalue weighted by Crippen LogP contribution is 2.20. The van der Waals surface area contributed by atoms with Gasteiger partial charge in [-0.3, -0.25) is 0 Å². The van der Waals surface area contributed by atoms with Crippen molar-refractivity contribution >= 4 is 34.1 Å². The van der Waals surface area contributed by atoms with Gasteiger partial charge in [-0.25, -0.2) is 9.97 Å². The minimum Gasteiger partial charge on any atom is -0.308 e. The summed E-state index contributed by atoms with van der Waals surface area (Å²) in [6.07, 6.45) is 2.58. The van der Waals surface area contributed by atoms with Gasteiger partial charge in [-0.05, 0) is 40.9 Å². The number of hydrogen-bond acceptors (Lipinski definition) is 3. The number of nitrogens with zero attached hydrogens (tertiary/aromatic N) is 3. The second kappa shape index (κ2) is 5.31. The Morgan fingerprint density at radius 2 is 2.26 bits per heavy atom. The van der Waals surface area contributed by atoms with Crippen molar-refractivity contribution in [3.63, 3.8) is 0 Å². The van der Waals surface area contributed by atoms with Crippen LogP contribution in [0.2, 0.25) is 0 Å². The molecule has 3 aromatic rings. The summed E-state index contributed by atoms with van der Waals surface area (Å²) < 4.78 is 2.17. The smallest absolute Gasteiger partial charge is 0.160 e. The van der Waals surface area contributed by atoms with Gasteiger partial charge in [0, 0.05) is 18.5 Å². The molecule has 3 nitrogen and oxygen atoms in total. The molecule has 0 aliphatic carbocycles. The Kier molecular flexibility index (Phi) is 3.53. The first kappa shape index (κ1) is 12.6. The quantitative estimate of drug-likeness (QED) is 0.687. The van der Waals surface area contributed by atoms with Crippen molar-refractivity contribution in [2.24, 2.45) is 0 Å². The molecule has 0 aromatic carbocycles. The van der Waals surface area contributed by atoms with Gasteiger partial charge in [0.25, 0.3) is 0 Å². The molecule has 0 saturated heterocycles. The molecule has 0 bridgehead atoms. The highest BCUT2D eigenvalue weighted by atomic mass is 35.5. The lowest BCUT2D eigenvalue weighted by atomic mass is 10.2. The van der Waals surface area contributed by atoms with Crippen LogP contribution in [0.25, 0.3) is 11.2 Å². The van der Waals surface area contributed by atoms with Crippen LogP contribution in [0.15, 0.2) is 29.1 Å². The van der Waals surface area contributed by atoms with Gasteiger partial charge in [0.15, 0.2) is 5.65 Å². The monoisotopic (exact) mass is 291 g/mol. The zero-order valence-corrected chi connectivity index (χ0v) is 12.2. The summed E-state index contributed by atoms with van der Waals surface area (Å²) >= 11 is 7.61. The normalized spacial score (nSPS) is 11.3. The third-order valence-corrected chi connectivity index (χ3v) is 4.29. The Balaban J connectivity index is 2.09. The van der Waals surface area contributed by atoms with Crippen LogP contribution in [0.1, 0.15) is 17.0 Å². The van der Waals surface area contributed by atoms with Gasteiger partial charge in [-0.2, -0.15) is 11.3 Å². The molecular weight excluding hydrogens is 278 g/mol. The SMILES string of the molecule is Cc1cscc1Cn1c(CCCl)nc2cccnc21. The fourth-order valence-corrected chi connectivity index (χ4v) is 3.18.